The van der Waals surface area contributed by atoms with Gasteiger partial charge in [-0.1, -0.05) is 26.2 Å². The van der Waals surface area contributed by atoms with E-state index in [4.69, 9.17) is 5.73 Å². The molecule has 0 saturated heterocycles. The monoisotopic (exact) mass is 185 g/mol. The molecular formula is C11H23NO. The quantitative estimate of drug-likeness (QED) is 0.705. The van der Waals surface area contributed by atoms with Gasteiger partial charge in [0.05, 0.1) is 6.10 Å². The summed E-state index contributed by atoms with van der Waals surface area (Å²) in [4.78, 5) is 0. The molecule has 1 aliphatic rings. The van der Waals surface area contributed by atoms with Gasteiger partial charge in [-0.25, -0.2) is 0 Å². The summed E-state index contributed by atoms with van der Waals surface area (Å²) in [5.41, 5.74) is 5.70. The van der Waals surface area contributed by atoms with Crippen LogP contribution in [0.4, 0.5) is 0 Å². The van der Waals surface area contributed by atoms with E-state index in [0.29, 0.717) is 5.92 Å². The van der Waals surface area contributed by atoms with Gasteiger partial charge in [-0.2, -0.15) is 0 Å². The van der Waals surface area contributed by atoms with Gasteiger partial charge in [0.15, 0.2) is 0 Å². The Hall–Kier alpha value is -0.0800. The highest BCUT2D eigenvalue weighted by atomic mass is 16.3. The van der Waals surface area contributed by atoms with Gasteiger partial charge in [0.1, 0.15) is 0 Å². The lowest BCUT2D eigenvalue weighted by Gasteiger charge is -2.33. The van der Waals surface area contributed by atoms with Crippen molar-refractivity contribution < 1.29 is 5.11 Å². The molecular weight excluding hydrogens is 162 g/mol. The second-order valence-electron chi connectivity index (χ2n) is 4.55. The van der Waals surface area contributed by atoms with Crippen LogP contribution < -0.4 is 5.73 Å². The molecule has 13 heavy (non-hydrogen) atoms. The van der Waals surface area contributed by atoms with Gasteiger partial charge in [0, 0.05) is 6.04 Å². The molecule has 0 bridgehead atoms. The van der Waals surface area contributed by atoms with Crippen molar-refractivity contribution >= 4 is 0 Å². The average Bonchev–Trinajstić information content (AvgIpc) is 2.16. The first-order valence-corrected chi connectivity index (χ1v) is 5.58. The predicted molar refractivity (Wildman–Crippen MR) is 55.4 cm³/mol. The first-order valence-electron chi connectivity index (χ1n) is 5.58. The average molecular weight is 185 g/mol. The Kier molecular flexibility index (Phi) is 4.20. The largest absolute Gasteiger partial charge is 0.391 e. The van der Waals surface area contributed by atoms with Crippen LogP contribution in [0.1, 0.15) is 46.0 Å². The summed E-state index contributed by atoms with van der Waals surface area (Å²) >= 11 is 0. The zero-order valence-corrected chi connectivity index (χ0v) is 8.87. The molecule has 4 unspecified atom stereocenters. The third kappa shape index (κ3) is 2.96. The summed E-state index contributed by atoms with van der Waals surface area (Å²) in [5, 5.41) is 9.84. The lowest BCUT2D eigenvalue weighted by atomic mass is 9.76. The van der Waals surface area contributed by atoms with Crippen LogP contribution in [0.3, 0.4) is 0 Å². The third-order valence-corrected chi connectivity index (χ3v) is 3.42. The Morgan fingerprint density at radius 2 is 2.15 bits per heavy atom. The molecule has 0 radical (unpaired) electrons. The number of hydrogen-bond acceptors (Lipinski definition) is 2. The molecule has 0 spiro atoms. The Morgan fingerprint density at radius 1 is 1.46 bits per heavy atom. The molecule has 0 aromatic heterocycles. The molecule has 2 nitrogen and oxygen atoms in total. The normalized spacial score (nSPS) is 34.2. The highest BCUT2D eigenvalue weighted by Crippen LogP contribution is 2.33. The van der Waals surface area contributed by atoms with Gasteiger partial charge in [-0.15, -0.1) is 0 Å². The van der Waals surface area contributed by atoms with Gasteiger partial charge in [-0.3, -0.25) is 0 Å². The smallest absolute Gasteiger partial charge is 0.0716 e. The lowest BCUT2D eigenvalue weighted by Crippen LogP contribution is -2.39. The molecule has 0 aromatic carbocycles. The van der Waals surface area contributed by atoms with Gasteiger partial charge in [0.2, 0.25) is 0 Å². The predicted octanol–water partition coefficient (Wildman–Crippen LogP) is 1.91. The Morgan fingerprint density at radius 3 is 2.69 bits per heavy atom. The van der Waals surface area contributed by atoms with Gasteiger partial charge >= 0.3 is 0 Å². The van der Waals surface area contributed by atoms with E-state index in [-0.39, 0.29) is 12.1 Å². The summed E-state index contributed by atoms with van der Waals surface area (Å²) in [5.74, 6) is 1.28. The molecule has 2 heteroatoms. The van der Waals surface area contributed by atoms with Crippen LogP contribution in [0.15, 0.2) is 0 Å². The maximum Gasteiger partial charge on any atom is 0.0716 e. The summed E-state index contributed by atoms with van der Waals surface area (Å²) in [6.45, 7) is 4.14. The highest BCUT2D eigenvalue weighted by Gasteiger charge is 2.28. The number of nitrogens with two attached hydrogens (primary N) is 1. The lowest BCUT2D eigenvalue weighted by molar-refractivity contribution is 0.0524. The third-order valence-electron chi connectivity index (χ3n) is 3.42. The Bertz CT molecular complexity index is 147. The van der Waals surface area contributed by atoms with E-state index in [1.165, 1.54) is 32.1 Å². The summed E-state index contributed by atoms with van der Waals surface area (Å²) < 4.78 is 0. The van der Waals surface area contributed by atoms with Crippen LogP contribution in [-0.2, 0) is 0 Å². The first kappa shape index (κ1) is 11.0. The van der Waals surface area contributed by atoms with Crippen molar-refractivity contribution in [2.75, 3.05) is 0 Å². The molecule has 1 saturated carbocycles. The summed E-state index contributed by atoms with van der Waals surface area (Å²) in [6, 6.07) is -0.0689. The molecule has 4 atom stereocenters. The number of hydrogen-bond donors (Lipinski definition) is 2. The molecule has 78 valence electrons. The van der Waals surface area contributed by atoms with Crippen LogP contribution in [-0.4, -0.2) is 17.3 Å². The number of aliphatic hydroxyl groups excluding tert-OH is 1. The molecule has 1 aliphatic carbocycles. The van der Waals surface area contributed by atoms with Crippen molar-refractivity contribution in [3.8, 4) is 0 Å². The van der Waals surface area contributed by atoms with Crippen LogP contribution in [0.2, 0.25) is 0 Å². The first-order chi connectivity index (χ1) is 6.15. The van der Waals surface area contributed by atoms with Crippen molar-refractivity contribution in [3.63, 3.8) is 0 Å². The SMILES string of the molecule is CCC1CCCC(C(O)C(C)N)C1. The van der Waals surface area contributed by atoms with E-state index < -0.39 is 0 Å². The summed E-state index contributed by atoms with van der Waals surface area (Å²) in [6.07, 6.45) is 5.93. The number of aliphatic hydroxyl groups is 1. The van der Waals surface area contributed by atoms with E-state index in [0.717, 1.165) is 5.92 Å². The number of rotatable bonds is 3. The molecule has 0 amide bonds. The minimum atomic E-state index is -0.283. The van der Waals surface area contributed by atoms with E-state index >= 15 is 0 Å². The fraction of sp³-hybridized carbons (Fsp3) is 1.00. The van der Waals surface area contributed by atoms with E-state index in [1.54, 1.807) is 0 Å². The van der Waals surface area contributed by atoms with Crippen LogP contribution in [0, 0.1) is 11.8 Å². The van der Waals surface area contributed by atoms with Crippen molar-refractivity contribution in [1.29, 1.82) is 0 Å². The van der Waals surface area contributed by atoms with E-state index in [2.05, 4.69) is 6.92 Å². The molecule has 0 aliphatic heterocycles. The standard InChI is InChI=1S/C11H23NO/c1-3-9-5-4-6-10(7-9)11(13)8(2)12/h8-11,13H,3-7,12H2,1-2H3. The maximum atomic E-state index is 9.84. The molecule has 1 rings (SSSR count). The zero-order valence-electron chi connectivity index (χ0n) is 8.87. The second-order valence-corrected chi connectivity index (χ2v) is 4.55. The van der Waals surface area contributed by atoms with Gasteiger partial charge in [0.25, 0.3) is 0 Å². The topological polar surface area (TPSA) is 46.2 Å². The Labute approximate surface area is 81.5 Å². The van der Waals surface area contributed by atoms with Crippen LogP contribution >= 0.6 is 0 Å². The zero-order chi connectivity index (χ0) is 9.84. The van der Waals surface area contributed by atoms with Crippen molar-refractivity contribution in [2.45, 2.75) is 58.1 Å². The second kappa shape index (κ2) is 4.97. The van der Waals surface area contributed by atoms with Gasteiger partial charge < -0.3 is 10.8 Å². The fourth-order valence-electron chi connectivity index (χ4n) is 2.44. The maximum absolute atomic E-state index is 9.84. The molecule has 0 aromatic rings. The minimum absolute atomic E-state index is 0.0689. The van der Waals surface area contributed by atoms with E-state index in [9.17, 15) is 5.11 Å². The summed E-state index contributed by atoms with van der Waals surface area (Å²) in [7, 11) is 0. The minimum Gasteiger partial charge on any atom is -0.391 e. The van der Waals surface area contributed by atoms with E-state index in [1.807, 2.05) is 6.92 Å². The molecule has 0 heterocycles. The molecule has 1 fully saturated rings. The van der Waals surface area contributed by atoms with Crippen molar-refractivity contribution in [3.05, 3.63) is 0 Å². The molecule has 3 N–H and O–H groups in total. The highest BCUT2D eigenvalue weighted by molar-refractivity contribution is 4.81. The van der Waals surface area contributed by atoms with Gasteiger partial charge in [-0.05, 0) is 31.6 Å². The van der Waals surface area contributed by atoms with Crippen LogP contribution in [0.5, 0.6) is 0 Å². The van der Waals surface area contributed by atoms with Crippen LogP contribution in [0.25, 0.3) is 0 Å². The fourth-order valence-corrected chi connectivity index (χ4v) is 2.44. The van der Waals surface area contributed by atoms with Crippen molar-refractivity contribution in [2.24, 2.45) is 17.6 Å². The Balaban J connectivity index is 2.41. The van der Waals surface area contributed by atoms with Crippen molar-refractivity contribution in [1.82, 2.24) is 0 Å².